The second kappa shape index (κ2) is 14.2. The molecule has 49 heavy (non-hydrogen) atoms. The Morgan fingerprint density at radius 3 is 2.59 bits per heavy atom. The molecule has 0 spiro atoms. The van der Waals surface area contributed by atoms with E-state index in [0.29, 0.717) is 82.3 Å². The molecule has 3 saturated heterocycles. The number of anilines is 2. The highest BCUT2D eigenvalue weighted by Gasteiger charge is 2.34. The molecule has 266 valence electrons. The molecular formula is C34H48ClFN8O4Si. The topological polar surface area (TPSA) is 101 Å². The standard InChI is InChI=1S/C34H48ClFN8O4Si/c1-40-10-7-8-23(40)22-48-33-38-27-21-43(31-24-19-37-44(29-9-5-6-15-46-29)28(24)18-26(36)30(31)35)20-25(27)32(39-33)41-11-13-42(14-12-41)34(45)47-16-17-49(2,3)4/h18-19,23,29H,5-17,20-22H2,1-4H3/t23-,29?/m0/s1. The van der Waals surface area contributed by atoms with Crippen molar-refractivity contribution in [2.45, 2.75) is 83.1 Å². The molecule has 1 amide bonds. The van der Waals surface area contributed by atoms with Crippen LogP contribution < -0.4 is 14.5 Å². The van der Waals surface area contributed by atoms with E-state index in [1.165, 1.54) is 6.07 Å². The summed E-state index contributed by atoms with van der Waals surface area (Å²) in [5.74, 6) is 0.283. The van der Waals surface area contributed by atoms with E-state index >= 15 is 4.39 Å². The Balaban J connectivity index is 1.14. The summed E-state index contributed by atoms with van der Waals surface area (Å²) in [6.07, 6.45) is 6.36. The molecule has 3 fully saturated rings. The summed E-state index contributed by atoms with van der Waals surface area (Å²) in [4.78, 5) is 31.1. The molecule has 1 unspecified atom stereocenters. The van der Waals surface area contributed by atoms with Gasteiger partial charge in [0.25, 0.3) is 0 Å². The van der Waals surface area contributed by atoms with E-state index in [-0.39, 0.29) is 17.3 Å². The summed E-state index contributed by atoms with van der Waals surface area (Å²) in [6.45, 7) is 12.6. The van der Waals surface area contributed by atoms with Gasteiger partial charge in [-0.2, -0.15) is 15.1 Å². The van der Waals surface area contributed by atoms with Gasteiger partial charge in [-0.15, -0.1) is 0 Å². The van der Waals surface area contributed by atoms with Gasteiger partial charge in [0.1, 0.15) is 23.3 Å². The lowest BCUT2D eigenvalue weighted by Crippen LogP contribution is -2.49. The van der Waals surface area contributed by atoms with E-state index < -0.39 is 13.9 Å². The summed E-state index contributed by atoms with van der Waals surface area (Å²) in [5, 5.41) is 5.47. The number of carbonyl (C=O) groups is 1. The third-order valence-electron chi connectivity index (χ3n) is 10.2. The van der Waals surface area contributed by atoms with Gasteiger partial charge < -0.3 is 33.8 Å². The number of likely N-dealkylation sites (N-methyl/N-ethyl adjacent to an activating group) is 1. The van der Waals surface area contributed by atoms with Crippen molar-refractivity contribution in [3.63, 3.8) is 0 Å². The molecule has 6 heterocycles. The Bertz CT molecular complexity index is 1670. The highest BCUT2D eigenvalue weighted by atomic mass is 35.5. The molecule has 12 nitrogen and oxygen atoms in total. The van der Waals surface area contributed by atoms with Gasteiger partial charge in [-0.05, 0) is 51.7 Å². The van der Waals surface area contributed by atoms with Gasteiger partial charge in [-0.25, -0.2) is 13.9 Å². The number of hydrogen-bond donors (Lipinski definition) is 0. The number of carbonyl (C=O) groups excluding carboxylic acids is 1. The Morgan fingerprint density at radius 2 is 1.88 bits per heavy atom. The van der Waals surface area contributed by atoms with Crippen LogP contribution in [0.2, 0.25) is 30.7 Å². The summed E-state index contributed by atoms with van der Waals surface area (Å²) in [5.41, 5.74) is 3.02. The third kappa shape index (κ3) is 7.33. The van der Waals surface area contributed by atoms with Crippen molar-refractivity contribution in [2.24, 2.45) is 0 Å². The van der Waals surface area contributed by atoms with Crippen LogP contribution >= 0.6 is 11.6 Å². The first-order valence-electron chi connectivity index (χ1n) is 17.7. The first-order valence-corrected chi connectivity index (χ1v) is 21.8. The minimum atomic E-state index is -1.30. The fourth-order valence-electron chi connectivity index (χ4n) is 7.26. The smallest absolute Gasteiger partial charge is 0.409 e. The highest BCUT2D eigenvalue weighted by molar-refractivity contribution is 6.76. The van der Waals surface area contributed by atoms with Crippen molar-refractivity contribution in [3.8, 4) is 6.01 Å². The van der Waals surface area contributed by atoms with E-state index in [0.717, 1.165) is 67.2 Å². The van der Waals surface area contributed by atoms with Crippen molar-refractivity contribution in [2.75, 3.05) is 69.4 Å². The van der Waals surface area contributed by atoms with Crippen LogP contribution in [-0.2, 0) is 22.6 Å². The molecule has 3 aromatic rings. The van der Waals surface area contributed by atoms with Gasteiger partial charge in [0.2, 0.25) is 0 Å². The molecule has 0 radical (unpaired) electrons. The molecule has 0 bridgehead atoms. The van der Waals surface area contributed by atoms with Crippen LogP contribution in [0.15, 0.2) is 12.3 Å². The fraction of sp³-hybridized carbons (Fsp3) is 0.647. The number of hydrogen-bond acceptors (Lipinski definition) is 10. The average Bonchev–Trinajstić information content (AvgIpc) is 3.82. The van der Waals surface area contributed by atoms with Crippen molar-refractivity contribution in [1.29, 1.82) is 0 Å². The normalized spacial score (nSPS) is 21.9. The zero-order chi connectivity index (χ0) is 34.3. The summed E-state index contributed by atoms with van der Waals surface area (Å²) < 4.78 is 35.2. The van der Waals surface area contributed by atoms with E-state index in [4.69, 9.17) is 35.8 Å². The first kappa shape index (κ1) is 34.3. The monoisotopic (exact) mass is 714 g/mol. The van der Waals surface area contributed by atoms with Crippen LogP contribution in [0.5, 0.6) is 6.01 Å². The molecular weight excluding hydrogens is 667 g/mol. The zero-order valence-corrected chi connectivity index (χ0v) is 30.8. The average molecular weight is 715 g/mol. The van der Waals surface area contributed by atoms with Crippen LogP contribution in [0.3, 0.4) is 0 Å². The second-order valence-electron chi connectivity index (χ2n) is 15.0. The minimum absolute atomic E-state index is 0.0564. The minimum Gasteiger partial charge on any atom is -0.462 e. The highest BCUT2D eigenvalue weighted by Crippen LogP contribution is 2.43. The van der Waals surface area contributed by atoms with E-state index in [2.05, 4.69) is 46.5 Å². The quantitative estimate of drug-likeness (QED) is 0.249. The third-order valence-corrected chi connectivity index (χ3v) is 12.3. The summed E-state index contributed by atoms with van der Waals surface area (Å²) >= 11 is 6.74. The molecule has 0 N–H and O–H groups in total. The maximum absolute atomic E-state index is 15.5. The number of halogens is 2. The van der Waals surface area contributed by atoms with Gasteiger partial charge in [0, 0.05) is 70.5 Å². The van der Waals surface area contributed by atoms with Crippen LogP contribution in [0.1, 0.15) is 49.6 Å². The van der Waals surface area contributed by atoms with Crippen molar-refractivity contribution in [1.82, 2.24) is 29.5 Å². The molecule has 4 aliphatic heterocycles. The second-order valence-corrected chi connectivity index (χ2v) is 21.0. The number of nitrogens with zero attached hydrogens (tertiary/aromatic N) is 8. The van der Waals surface area contributed by atoms with E-state index in [1.54, 1.807) is 15.8 Å². The lowest BCUT2D eigenvalue weighted by Gasteiger charge is -2.35. The van der Waals surface area contributed by atoms with Gasteiger partial charge >= 0.3 is 12.1 Å². The number of benzene rings is 1. The Morgan fingerprint density at radius 1 is 1.06 bits per heavy atom. The predicted octanol–water partition coefficient (Wildman–Crippen LogP) is 5.91. The summed E-state index contributed by atoms with van der Waals surface area (Å²) in [6, 6.07) is 3.05. The van der Waals surface area contributed by atoms with Crippen LogP contribution in [0, 0.1) is 5.82 Å². The molecule has 0 saturated carbocycles. The maximum Gasteiger partial charge on any atom is 0.409 e. The number of ether oxygens (including phenoxy) is 3. The number of rotatable bonds is 9. The Kier molecular flexibility index (Phi) is 9.93. The van der Waals surface area contributed by atoms with Crippen molar-refractivity contribution in [3.05, 3.63) is 34.4 Å². The van der Waals surface area contributed by atoms with E-state index in [1.807, 2.05) is 0 Å². The van der Waals surface area contributed by atoms with Gasteiger partial charge in [-0.3, -0.25) is 0 Å². The maximum atomic E-state index is 15.5. The largest absolute Gasteiger partial charge is 0.462 e. The van der Waals surface area contributed by atoms with Gasteiger partial charge in [0.05, 0.1) is 36.2 Å². The van der Waals surface area contributed by atoms with Crippen LogP contribution in [0.4, 0.5) is 20.7 Å². The van der Waals surface area contributed by atoms with Crippen LogP contribution in [-0.4, -0.2) is 109 Å². The number of aromatic nitrogens is 4. The van der Waals surface area contributed by atoms with Crippen molar-refractivity contribution >= 4 is 48.2 Å². The molecule has 2 aromatic heterocycles. The molecule has 1 aromatic carbocycles. The predicted molar refractivity (Wildman–Crippen MR) is 190 cm³/mol. The van der Waals surface area contributed by atoms with Crippen LogP contribution in [0.25, 0.3) is 10.9 Å². The lowest BCUT2D eigenvalue weighted by molar-refractivity contribution is -0.0366. The molecule has 0 aliphatic carbocycles. The molecule has 7 rings (SSSR count). The number of likely N-dealkylation sites (tertiary alicyclic amines) is 1. The Hall–Kier alpha value is -3.20. The zero-order valence-electron chi connectivity index (χ0n) is 29.1. The van der Waals surface area contributed by atoms with E-state index in [9.17, 15) is 4.79 Å². The molecule has 15 heteroatoms. The molecule has 2 atom stereocenters. The SMILES string of the molecule is CN1CCC[C@H]1COc1nc2c(c(N3CCN(C(=O)OCC[Si](C)(C)C)CC3)n1)CN(c1c(Cl)c(F)cc3c1cnn3C1CCCCO1)C2. The number of piperazine rings is 1. The number of fused-ring (bicyclic) bond motifs is 2. The van der Waals surface area contributed by atoms with Crippen molar-refractivity contribution < 1.29 is 23.4 Å². The number of amides is 1. The van der Waals surface area contributed by atoms with Gasteiger partial charge in [-0.1, -0.05) is 31.2 Å². The fourth-order valence-corrected chi connectivity index (χ4v) is 8.26. The Labute approximate surface area is 293 Å². The lowest BCUT2D eigenvalue weighted by atomic mass is 10.1. The first-order chi connectivity index (χ1) is 23.6. The molecule has 4 aliphatic rings. The summed E-state index contributed by atoms with van der Waals surface area (Å²) in [7, 11) is 0.821. The van der Waals surface area contributed by atoms with Gasteiger partial charge in [0.15, 0.2) is 6.23 Å².